The number of rotatable bonds is 6. The summed E-state index contributed by atoms with van der Waals surface area (Å²) in [7, 11) is 0. The van der Waals surface area contributed by atoms with E-state index in [-0.39, 0.29) is 12.5 Å². The number of carbonyl (C=O) groups is 3. The van der Waals surface area contributed by atoms with Crippen molar-refractivity contribution in [3.8, 4) is 0 Å². The van der Waals surface area contributed by atoms with Gasteiger partial charge < -0.3 is 15.1 Å². The minimum Gasteiger partial charge on any atom is -0.350 e. The molecule has 6 heteroatoms. The molecule has 3 amide bonds. The van der Waals surface area contributed by atoms with Crippen molar-refractivity contribution in [3.05, 3.63) is 70.8 Å². The summed E-state index contributed by atoms with van der Waals surface area (Å²) in [5.41, 5.74) is 4.25. The van der Waals surface area contributed by atoms with E-state index in [1.165, 1.54) is 9.80 Å². The molecule has 2 aromatic carbocycles. The van der Waals surface area contributed by atoms with Gasteiger partial charge in [0.05, 0.1) is 0 Å². The Bertz CT molecular complexity index is 877. The molecule has 1 heterocycles. The number of aryl methyl sites for hydroxylation is 2. The van der Waals surface area contributed by atoms with Crippen molar-refractivity contribution in [1.29, 1.82) is 0 Å². The first-order valence-electron chi connectivity index (χ1n) is 9.38. The van der Waals surface area contributed by atoms with E-state index in [2.05, 4.69) is 5.32 Å². The molecular formula is C22H25N3O3. The van der Waals surface area contributed by atoms with Gasteiger partial charge in [-0.15, -0.1) is 0 Å². The second kappa shape index (κ2) is 8.69. The van der Waals surface area contributed by atoms with Crippen molar-refractivity contribution in [2.75, 3.05) is 19.6 Å². The topological polar surface area (TPSA) is 69.7 Å². The fraction of sp³-hybridized carbons (Fsp3) is 0.318. The number of nitrogens with one attached hydrogen (secondary N) is 1. The number of nitrogens with zero attached hydrogens (tertiary/aromatic N) is 2. The lowest BCUT2D eigenvalue weighted by Gasteiger charge is -2.33. The van der Waals surface area contributed by atoms with E-state index in [0.29, 0.717) is 26.2 Å². The first-order valence-corrected chi connectivity index (χ1v) is 9.38. The van der Waals surface area contributed by atoms with Gasteiger partial charge in [0.1, 0.15) is 6.54 Å². The van der Waals surface area contributed by atoms with Crippen molar-refractivity contribution in [3.63, 3.8) is 0 Å². The Kier molecular flexibility index (Phi) is 6.09. The molecule has 1 saturated heterocycles. The molecule has 1 aliphatic heterocycles. The van der Waals surface area contributed by atoms with Crippen LogP contribution in [-0.4, -0.2) is 47.2 Å². The van der Waals surface area contributed by atoms with Crippen LogP contribution in [0.3, 0.4) is 0 Å². The summed E-state index contributed by atoms with van der Waals surface area (Å²) < 4.78 is 0. The van der Waals surface area contributed by atoms with E-state index < -0.39 is 11.8 Å². The highest BCUT2D eigenvalue weighted by Gasteiger charge is 2.33. The van der Waals surface area contributed by atoms with Crippen molar-refractivity contribution in [2.45, 2.75) is 26.9 Å². The molecule has 28 heavy (non-hydrogen) atoms. The van der Waals surface area contributed by atoms with Gasteiger partial charge in [0.15, 0.2) is 0 Å². The molecule has 146 valence electrons. The maximum Gasteiger partial charge on any atom is 0.312 e. The maximum absolute atomic E-state index is 12.4. The number of amides is 3. The van der Waals surface area contributed by atoms with Crippen LogP contribution in [0, 0.1) is 13.8 Å². The van der Waals surface area contributed by atoms with E-state index in [1.807, 2.05) is 62.4 Å². The lowest BCUT2D eigenvalue weighted by molar-refractivity contribution is -0.157. The average molecular weight is 379 g/mol. The number of benzene rings is 2. The molecule has 0 bridgehead atoms. The van der Waals surface area contributed by atoms with E-state index in [1.54, 1.807) is 0 Å². The fourth-order valence-corrected chi connectivity index (χ4v) is 3.18. The quantitative estimate of drug-likeness (QED) is 0.778. The summed E-state index contributed by atoms with van der Waals surface area (Å²) in [6, 6.07) is 15.7. The fourth-order valence-electron chi connectivity index (χ4n) is 3.18. The summed E-state index contributed by atoms with van der Waals surface area (Å²) in [4.78, 5) is 39.8. The van der Waals surface area contributed by atoms with Gasteiger partial charge in [-0.2, -0.15) is 0 Å². The summed E-state index contributed by atoms with van der Waals surface area (Å²) in [6.45, 7) is 5.47. The summed E-state index contributed by atoms with van der Waals surface area (Å²) in [6.07, 6.45) is 0. The van der Waals surface area contributed by atoms with Crippen LogP contribution in [0.25, 0.3) is 0 Å². The SMILES string of the molecule is Cc1ccc(CN2CCN(CC(=O)NCc3cccc(C)c3)C(=O)C2=O)cc1. The molecule has 2 aromatic rings. The molecule has 0 unspecified atom stereocenters. The maximum atomic E-state index is 12.4. The van der Waals surface area contributed by atoms with Gasteiger partial charge in [-0.1, -0.05) is 59.7 Å². The molecule has 3 rings (SSSR count). The van der Waals surface area contributed by atoms with Crippen LogP contribution in [0.1, 0.15) is 22.3 Å². The molecule has 0 spiro atoms. The van der Waals surface area contributed by atoms with Gasteiger partial charge in [-0.3, -0.25) is 14.4 Å². The Morgan fingerprint density at radius 1 is 0.893 bits per heavy atom. The molecule has 0 saturated carbocycles. The predicted molar refractivity (Wildman–Crippen MR) is 106 cm³/mol. The third kappa shape index (κ3) is 4.97. The van der Waals surface area contributed by atoms with Gasteiger partial charge in [-0.05, 0) is 25.0 Å². The van der Waals surface area contributed by atoms with Gasteiger partial charge >= 0.3 is 11.8 Å². The lowest BCUT2D eigenvalue weighted by Crippen LogP contribution is -2.55. The van der Waals surface area contributed by atoms with Crippen LogP contribution in [0.15, 0.2) is 48.5 Å². The monoisotopic (exact) mass is 379 g/mol. The van der Waals surface area contributed by atoms with Crippen molar-refractivity contribution >= 4 is 17.7 Å². The Hall–Kier alpha value is -3.15. The van der Waals surface area contributed by atoms with E-state index in [0.717, 1.165) is 22.3 Å². The van der Waals surface area contributed by atoms with Gasteiger partial charge in [-0.25, -0.2) is 0 Å². The number of hydrogen-bond donors (Lipinski definition) is 1. The zero-order chi connectivity index (χ0) is 20.1. The first kappa shape index (κ1) is 19.6. The largest absolute Gasteiger partial charge is 0.350 e. The highest BCUT2D eigenvalue weighted by Crippen LogP contribution is 2.12. The van der Waals surface area contributed by atoms with E-state index >= 15 is 0 Å². The smallest absolute Gasteiger partial charge is 0.312 e. The Labute approximate surface area is 165 Å². The van der Waals surface area contributed by atoms with Crippen molar-refractivity contribution in [1.82, 2.24) is 15.1 Å². The Morgan fingerprint density at radius 3 is 2.29 bits per heavy atom. The summed E-state index contributed by atoms with van der Waals surface area (Å²) in [5, 5.41) is 2.81. The molecular weight excluding hydrogens is 354 g/mol. The molecule has 1 fully saturated rings. The van der Waals surface area contributed by atoms with Crippen LogP contribution in [0.4, 0.5) is 0 Å². The van der Waals surface area contributed by atoms with Gasteiger partial charge in [0.25, 0.3) is 0 Å². The molecule has 6 nitrogen and oxygen atoms in total. The normalized spacial score (nSPS) is 14.4. The van der Waals surface area contributed by atoms with Gasteiger partial charge in [0.2, 0.25) is 5.91 Å². The van der Waals surface area contributed by atoms with Crippen LogP contribution >= 0.6 is 0 Å². The third-order valence-corrected chi connectivity index (χ3v) is 4.80. The highest BCUT2D eigenvalue weighted by molar-refractivity contribution is 6.35. The Morgan fingerprint density at radius 2 is 1.57 bits per heavy atom. The second-order valence-corrected chi connectivity index (χ2v) is 7.20. The van der Waals surface area contributed by atoms with Crippen LogP contribution in [0.2, 0.25) is 0 Å². The minimum absolute atomic E-state index is 0.102. The number of hydrogen-bond acceptors (Lipinski definition) is 3. The summed E-state index contributed by atoms with van der Waals surface area (Å²) in [5.74, 6) is -1.45. The molecule has 0 radical (unpaired) electrons. The van der Waals surface area contributed by atoms with Crippen LogP contribution < -0.4 is 5.32 Å². The van der Waals surface area contributed by atoms with Gasteiger partial charge in [0, 0.05) is 26.2 Å². The number of carbonyl (C=O) groups excluding carboxylic acids is 3. The first-order chi connectivity index (χ1) is 13.4. The molecule has 0 atom stereocenters. The zero-order valence-electron chi connectivity index (χ0n) is 16.3. The molecule has 1 aliphatic rings. The minimum atomic E-state index is -0.621. The lowest BCUT2D eigenvalue weighted by atomic mass is 10.1. The highest BCUT2D eigenvalue weighted by atomic mass is 16.2. The van der Waals surface area contributed by atoms with Crippen LogP contribution in [0.5, 0.6) is 0 Å². The average Bonchev–Trinajstić information content (AvgIpc) is 2.68. The Balaban J connectivity index is 1.51. The second-order valence-electron chi connectivity index (χ2n) is 7.20. The van der Waals surface area contributed by atoms with Crippen molar-refractivity contribution in [2.24, 2.45) is 0 Å². The number of piperazine rings is 1. The summed E-state index contributed by atoms with van der Waals surface area (Å²) >= 11 is 0. The van der Waals surface area contributed by atoms with E-state index in [4.69, 9.17) is 0 Å². The molecule has 1 N–H and O–H groups in total. The van der Waals surface area contributed by atoms with E-state index in [9.17, 15) is 14.4 Å². The van der Waals surface area contributed by atoms with Crippen LogP contribution in [-0.2, 0) is 27.5 Å². The zero-order valence-corrected chi connectivity index (χ0v) is 16.3. The predicted octanol–water partition coefficient (Wildman–Crippen LogP) is 1.79. The third-order valence-electron chi connectivity index (χ3n) is 4.80. The standard InChI is InChI=1S/C22H25N3O3/c1-16-6-8-18(9-7-16)14-24-10-11-25(22(28)21(24)27)15-20(26)23-13-19-5-3-4-17(2)12-19/h3-9,12H,10-11,13-15H2,1-2H3,(H,23,26). The van der Waals surface area contributed by atoms with Crippen molar-refractivity contribution < 1.29 is 14.4 Å². The molecule has 0 aliphatic carbocycles. The molecule has 0 aromatic heterocycles.